The van der Waals surface area contributed by atoms with E-state index in [-0.39, 0.29) is 0 Å². The van der Waals surface area contributed by atoms with Crippen LogP contribution in [0.2, 0.25) is 0 Å². The lowest BCUT2D eigenvalue weighted by Gasteiger charge is -2.09. The summed E-state index contributed by atoms with van der Waals surface area (Å²) in [5, 5.41) is 0. The molecule has 4 aromatic rings. The molecule has 0 bridgehead atoms. The monoisotopic (exact) mass is 420 g/mol. The smallest absolute Gasteiger partial charge is 0.173 e. The fourth-order valence-electron chi connectivity index (χ4n) is 3.88. The minimum Gasteiger partial charge on any atom is -0.201 e. The quantitative estimate of drug-likeness (QED) is 0.301. The Balaban J connectivity index is 1.39. The molecule has 4 rings (SSSR count). The highest BCUT2D eigenvalue weighted by molar-refractivity contribution is 5.61. The van der Waals surface area contributed by atoms with Gasteiger partial charge in [-0.25, -0.2) is 9.13 Å². The number of hydrogen-bond donors (Lipinski definition) is 0. The number of hydrogen-bond acceptors (Lipinski definition) is 0. The highest BCUT2D eigenvalue weighted by Crippen LogP contribution is 2.19. The number of rotatable bonds is 8. The predicted molar refractivity (Wildman–Crippen MR) is 132 cm³/mol. The van der Waals surface area contributed by atoms with Crippen LogP contribution in [0.25, 0.3) is 17.2 Å². The number of aromatic nitrogens is 2. The second kappa shape index (κ2) is 10.2. The molecule has 0 saturated heterocycles. The lowest BCUT2D eigenvalue weighted by Crippen LogP contribution is -2.33. The van der Waals surface area contributed by atoms with E-state index in [9.17, 15) is 0 Å². The second-order valence-electron chi connectivity index (χ2n) is 8.51. The van der Waals surface area contributed by atoms with Gasteiger partial charge in [-0.1, -0.05) is 75.0 Å². The fraction of sp³-hybridized carbons (Fsp3) is 0.200. The highest BCUT2D eigenvalue weighted by atomic mass is 14.9. The predicted octanol–water partition coefficient (Wildman–Crippen LogP) is 6.18. The van der Waals surface area contributed by atoms with Crippen LogP contribution in [-0.2, 0) is 13.1 Å². The van der Waals surface area contributed by atoms with E-state index in [4.69, 9.17) is 0 Å². The minimum absolute atomic E-state index is 0.623. The first-order chi connectivity index (χ1) is 15.6. The normalized spacial score (nSPS) is 11.8. The first kappa shape index (κ1) is 21.7. The molecule has 2 heterocycles. The number of benzene rings is 2. The van der Waals surface area contributed by atoms with Crippen LogP contribution in [0.1, 0.15) is 48.4 Å². The Kier molecular flexibility index (Phi) is 6.91. The molecule has 1 atom stereocenters. The average Bonchev–Trinajstić information content (AvgIpc) is 2.85. The summed E-state index contributed by atoms with van der Waals surface area (Å²) >= 11 is 0. The topological polar surface area (TPSA) is 7.76 Å². The van der Waals surface area contributed by atoms with Crippen molar-refractivity contribution >= 4 is 6.08 Å². The van der Waals surface area contributed by atoms with Crippen LogP contribution in [0.15, 0.2) is 104 Å². The maximum atomic E-state index is 3.81. The van der Waals surface area contributed by atoms with Crippen LogP contribution in [0, 0.1) is 0 Å². The maximum absolute atomic E-state index is 3.81. The molecule has 0 aliphatic rings. The third-order valence-corrected chi connectivity index (χ3v) is 6.22. The van der Waals surface area contributed by atoms with Gasteiger partial charge >= 0.3 is 0 Å². The molecular weight excluding hydrogens is 388 g/mol. The molecule has 0 radical (unpaired) electrons. The van der Waals surface area contributed by atoms with E-state index in [0.29, 0.717) is 5.92 Å². The summed E-state index contributed by atoms with van der Waals surface area (Å²) in [5.41, 5.74) is 7.65. The summed E-state index contributed by atoms with van der Waals surface area (Å²) in [6.45, 7) is 10.1. The Labute approximate surface area is 192 Å². The van der Waals surface area contributed by atoms with Crippen molar-refractivity contribution in [3.8, 4) is 11.1 Å². The van der Waals surface area contributed by atoms with Gasteiger partial charge in [-0.05, 0) is 34.6 Å². The van der Waals surface area contributed by atoms with Gasteiger partial charge in [0, 0.05) is 35.4 Å². The lowest BCUT2D eigenvalue weighted by molar-refractivity contribution is -0.688. The van der Waals surface area contributed by atoms with Crippen molar-refractivity contribution in [2.24, 2.45) is 0 Å². The van der Waals surface area contributed by atoms with Crippen molar-refractivity contribution in [3.05, 3.63) is 126 Å². The Morgan fingerprint density at radius 3 is 1.53 bits per heavy atom. The van der Waals surface area contributed by atoms with Gasteiger partial charge in [-0.3, -0.25) is 0 Å². The molecule has 2 heteroatoms. The summed E-state index contributed by atoms with van der Waals surface area (Å²) < 4.78 is 4.44. The van der Waals surface area contributed by atoms with Crippen LogP contribution in [0.5, 0.6) is 0 Å². The van der Waals surface area contributed by atoms with Crippen LogP contribution in [0.4, 0.5) is 0 Å². The summed E-state index contributed by atoms with van der Waals surface area (Å²) in [6.07, 6.45) is 11.7. The van der Waals surface area contributed by atoms with Gasteiger partial charge in [-0.2, -0.15) is 0 Å². The van der Waals surface area contributed by atoms with Gasteiger partial charge in [0.05, 0.1) is 0 Å². The molecule has 0 spiro atoms. The van der Waals surface area contributed by atoms with E-state index in [2.05, 4.69) is 127 Å². The van der Waals surface area contributed by atoms with E-state index < -0.39 is 0 Å². The number of nitrogens with zero attached hydrogens (tertiary/aromatic N) is 2. The van der Waals surface area contributed by atoms with Crippen molar-refractivity contribution in [1.82, 2.24) is 0 Å². The minimum atomic E-state index is 0.623. The van der Waals surface area contributed by atoms with E-state index in [1.54, 1.807) is 0 Å². The molecule has 0 saturated carbocycles. The van der Waals surface area contributed by atoms with Crippen molar-refractivity contribution in [2.75, 3.05) is 0 Å². The van der Waals surface area contributed by atoms with E-state index in [0.717, 1.165) is 18.7 Å². The maximum Gasteiger partial charge on any atom is 0.173 e. The largest absolute Gasteiger partial charge is 0.201 e. The molecule has 32 heavy (non-hydrogen) atoms. The third-order valence-electron chi connectivity index (χ3n) is 6.22. The molecular formula is C30H32N2+2. The number of pyridine rings is 2. The second-order valence-corrected chi connectivity index (χ2v) is 8.51. The first-order valence-electron chi connectivity index (χ1n) is 11.4. The van der Waals surface area contributed by atoms with Crippen molar-refractivity contribution in [2.45, 2.75) is 39.3 Å². The summed E-state index contributed by atoms with van der Waals surface area (Å²) in [5.74, 6) is 0.623. The van der Waals surface area contributed by atoms with E-state index >= 15 is 0 Å². The Morgan fingerprint density at radius 1 is 0.688 bits per heavy atom. The molecule has 2 nitrogen and oxygen atoms in total. The van der Waals surface area contributed by atoms with Gasteiger partial charge in [-0.15, -0.1) is 0 Å². The summed E-state index contributed by atoms with van der Waals surface area (Å²) in [4.78, 5) is 0. The zero-order valence-corrected chi connectivity index (χ0v) is 19.1. The Hall–Kier alpha value is -3.52. The van der Waals surface area contributed by atoms with Crippen LogP contribution < -0.4 is 9.13 Å². The first-order valence-corrected chi connectivity index (χ1v) is 11.4. The van der Waals surface area contributed by atoms with E-state index in [1.165, 1.54) is 34.2 Å². The molecule has 0 aliphatic carbocycles. The van der Waals surface area contributed by atoms with Crippen molar-refractivity contribution in [1.29, 1.82) is 0 Å². The van der Waals surface area contributed by atoms with E-state index in [1.807, 2.05) is 6.08 Å². The molecule has 0 amide bonds. The Bertz CT molecular complexity index is 1140. The summed E-state index contributed by atoms with van der Waals surface area (Å²) in [7, 11) is 0. The van der Waals surface area contributed by atoms with Gasteiger partial charge in [0.25, 0.3) is 0 Å². The average molecular weight is 421 g/mol. The fourth-order valence-corrected chi connectivity index (χ4v) is 3.88. The zero-order chi connectivity index (χ0) is 22.3. The SMILES string of the molecule is C=Cc1ccc(C[n+]2ccc(-c3cc[n+](Cc4ccc(C(C)CC)cc4)cc3)cc2)cc1. The summed E-state index contributed by atoms with van der Waals surface area (Å²) in [6, 6.07) is 26.3. The van der Waals surface area contributed by atoms with Gasteiger partial charge in [0.1, 0.15) is 0 Å². The molecule has 2 aromatic heterocycles. The molecule has 1 unspecified atom stereocenters. The lowest BCUT2D eigenvalue weighted by atomic mass is 9.98. The molecule has 160 valence electrons. The van der Waals surface area contributed by atoms with Crippen LogP contribution in [0.3, 0.4) is 0 Å². The van der Waals surface area contributed by atoms with Crippen molar-refractivity contribution in [3.63, 3.8) is 0 Å². The zero-order valence-electron chi connectivity index (χ0n) is 19.1. The molecule has 2 aromatic carbocycles. The van der Waals surface area contributed by atoms with Crippen molar-refractivity contribution < 1.29 is 9.13 Å². The van der Waals surface area contributed by atoms with Gasteiger partial charge in [0.15, 0.2) is 37.9 Å². The van der Waals surface area contributed by atoms with Gasteiger partial charge < -0.3 is 0 Å². The highest BCUT2D eigenvalue weighted by Gasteiger charge is 2.08. The standard InChI is InChI=1S/C30H32N2/c1-4-24(3)28-12-10-27(11-13-28)23-32-20-16-30(17-21-32)29-14-18-31(19-15-29)22-26-8-6-25(5-2)7-9-26/h5-21,24H,2,4,22-23H2,1,3H3/q+2. The molecule has 0 aliphatic heterocycles. The van der Waals surface area contributed by atoms with Crippen LogP contribution >= 0.6 is 0 Å². The molecule has 0 fully saturated rings. The van der Waals surface area contributed by atoms with Gasteiger partial charge in [0.2, 0.25) is 0 Å². The third kappa shape index (κ3) is 5.39. The van der Waals surface area contributed by atoms with Crippen LogP contribution in [-0.4, -0.2) is 0 Å². The molecule has 0 N–H and O–H groups in total. The Morgan fingerprint density at radius 2 is 1.12 bits per heavy atom.